The van der Waals surface area contributed by atoms with Gasteiger partial charge in [-0.2, -0.15) is 0 Å². The molecule has 8 heteroatoms. The van der Waals surface area contributed by atoms with E-state index in [0.717, 1.165) is 38.5 Å². The fraction of sp³-hybridized carbons (Fsp3) is 0.360. The van der Waals surface area contributed by atoms with Gasteiger partial charge in [0, 0.05) is 37.3 Å². The van der Waals surface area contributed by atoms with Gasteiger partial charge in [0.2, 0.25) is 0 Å². The van der Waals surface area contributed by atoms with Crippen LogP contribution in [0.15, 0.2) is 40.8 Å². The van der Waals surface area contributed by atoms with E-state index in [9.17, 15) is 14.7 Å². The number of hydrogen-bond acceptors (Lipinski definition) is 6. The molecule has 2 heterocycles. The fourth-order valence-corrected chi connectivity index (χ4v) is 3.27. The smallest absolute Gasteiger partial charge is 0.328 e. The zero-order valence-electron chi connectivity index (χ0n) is 18.7. The van der Waals surface area contributed by atoms with Gasteiger partial charge in [0.05, 0.1) is 12.6 Å². The number of carbonyl (C=O) groups is 2. The molecule has 0 radical (unpaired) electrons. The molecule has 0 spiro atoms. The molecule has 1 saturated heterocycles. The summed E-state index contributed by atoms with van der Waals surface area (Å²) in [5.74, 6) is 10.9. The van der Waals surface area contributed by atoms with Crippen LogP contribution in [0.1, 0.15) is 34.4 Å². The third-order valence-corrected chi connectivity index (χ3v) is 5.27. The van der Waals surface area contributed by atoms with Crippen LogP contribution in [0.25, 0.3) is 0 Å². The number of carboxylic acids is 1. The number of rotatable bonds is 6. The van der Waals surface area contributed by atoms with Gasteiger partial charge in [0.25, 0.3) is 5.91 Å². The number of aliphatic carboxylic acids is 1. The van der Waals surface area contributed by atoms with Crippen LogP contribution >= 0.6 is 0 Å². The molecule has 2 atom stereocenters. The van der Waals surface area contributed by atoms with E-state index in [1.54, 1.807) is 12.1 Å². The Balaban J connectivity index is 1.54. The number of aliphatic hydroxyl groups is 1. The zero-order chi connectivity index (χ0) is 23.8. The Morgan fingerprint density at radius 3 is 2.36 bits per heavy atom. The SMILES string of the molecule is CC(O)C(NC(=O)c1ccc(C#CC#Cc2ccc(CN3CCN(C)CC3)o2)cc1)C(=O)O. The van der Waals surface area contributed by atoms with Crippen molar-refractivity contribution in [1.29, 1.82) is 0 Å². The highest BCUT2D eigenvalue weighted by Gasteiger charge is 2.25. The Labute approximate surface area is 193 Å². The first-order valence-corrected chi connectivity index (χ1v) is 10.7. The maximum Gasteiger partial charge on any atom is 0.328 e. The van der Waals surface area contributed by atoms with E-state index in [1.165, 1.54) is 19.1 Å². The number of hydrogen-bond donors (Lipinski definition) is 3. The predicted octanol–water partition coefficient (Wildman–Crippen LogP) is 0.994. The minimum Gasteiger partial charge on any atom is -0.480 e. The molecular weight excluding hydrogens is 422 g/mol. The number of benzene rings is 1. The summed E-state index contributed by atoms with van der Waals surface area (Å²) in [5, 5.41) is 20.8. The standard InChI is InChI=1S/C25H27N3O5/c1-18(29)23(25(31)32)26-24(30)20-9-7-19(8-10-20)5-3-4-6-21-11-12-22(33-21)17-28-15-13-27(2)14-16-28/h7-12,18,23,29H,13-17H2,1-2H3,(H,26,30)(H,31,32). The predicted molar refractivity (Wildman–Crippen MR) is 122 cm³/mol. The summed E-state index contributed by atoms with van der Waals surface area (Å²) in [4.78, 5) is 27.9. The first kappa shape index (κ1) is 24.1. The second kappa shape index (κ2) is 11.3. The zero-order valence-corrected chi connectivity index (χ0v) is 18.7. The van der Waals surface area contributed by atoms with Crippen molar-refractivity contribution in [2.45, 2.75) is 25.6 Å². The molecule has 1 fully saturated rings. The Bertz CT molecular complexity index is 1090. The lowest BCUT2D eigenvalue weighted by Gasteiger charge is -2.31. The molecule has 1 aliphatic heterocycles. The maximum atomic E-state index is 12.2. The van der Waals surface area contributed by atoms with E-state index in [0.29, 0.717) is 11.3 Å². The summed E-state index contributed by atoms with van der Waals surface area (Å²) in [7, 11) is 2.13. The molecule has 33 heavy (non-hydrogen) atoms. The number of carbonyl (C=O) groups excluding carboxylic acids is 1. The van der Waals surface area contributed by atoms with Crippen LogP contribution < -0.4 is 5.32 Å². The minimum absolute atomic E-state index is 0.266. The van der Waals surface area contributed by atoms with Crippen molar-refractivity contribution < 1.29 is 24.2 Å². The summed E-state index contributed by atoms with van der Waals surface area (Å²) in [6.07, 6.45) is -1.22. The summed E-state index contributed by atoms with van der Waals surface area (Å²) >= 11 is 0. The molecule has 0 bridgehead atoms. The largest absolute Gasteiger partial charge is 0.480 e. The van der Waals surface area contributed by atoms with Gasteiger partial charge < -0.3 is 24.8 Å². The van der Waals surface area contributed by atoms with Crippen LogP contribution in [-0.4, -0.2) is 77.3 Å². The summed E-state index contributed by atoms with van der Waals surface area (Å²) in [6, 6.07) is 8.74. The van der Waals surface area contributed by atoms with Gasteiger partial charge in [-0.3, -0.25) is 9.69 Å². The quantitative estimate of drug-likeness (QED) is 0.565. The molecule has 1 aliphatic rings. The van der Waals surface area contributed by atoms with Gasteiger partial charge in [-0.25, -0.2) is 4.79 Å². The lowest BCUT2D eigenvalue weighted by molar-refractivity contribution is -0.141. The second-order valence-electron chi connectivity index (χ2n) is 7.95. The van der Waals surface area contributed by atoms with Crippen LogP contribution in [-0.2, 0) is 11.3 Å². The van der Waals surface area contributed by atoms with Gasteiger partial charge in [0.15, 0.2) is 11.8 Å². The number of aliphatic hydroxyl groups excluding tert-OH is 1. The van der Waals surface area contributed by atoms with Crippen molar-refractivity contribution >= 4 is 11.9 Å². The number of amides is 1. The molecule has 1 aromatic carbocycles. The van der Waals surface area contributed by atoms with E-state index in [2.05, 4.69) is 45.8 Å². The van der Waals surface area contributed by atoms with Crippen molar-refractivity contribution in [3.05, 3.63) is 59.0 Å². The molecule has 3 rings (SSSR count). The Morgan fingerprint density at radius 2 is 1.73 bits per heavy atom. The van der Waals surface area contributed by atoms with E-state index in [4.69, 9.17) is 9.52 Å². The van der Waals surface area contributed by atoms with E-state index in [1.807, 2.05) is 12.1 Å². The highest BCUT2D eigenvalue weighted by Crippen LogP contribution is 2.11. The highest BCUT2D eigenvalue weighted by atomic mass is 16.4. The van der Waals surface area contributed by atoms with Crippen molar-refractivity contribution in [2.24, 2.45) is 0 Å². The normalized spacial score (nSPS) is 16.0. The molecule has 0 aliphatic carbocycles. The summed E-state index contributed by atoms with van der Waals surface area (Å²) in [5.41, 5.74) is 0.920. The molecule has 1 amide bonds. The van der Waals surface area contributed by atoms with Crippen molar-refractivity contribution in [2.75, 3.05) is 33.2 Å². The topological polar surface area (TPSA) is 106 Å². The van der Waals surface area contributed by atoms with Crippen LogP contribution in [0.2, 0.25) is 0 Å². The molecule has 1 aromatic heterocycles. The van der Waals surface area contributed by atoms with Crippen molar-refractivity contribution in [3.63, 3.8) is 0 Å². The van der Waals surface area contributed by atoms with Gasteiger partial charge in [-0.05, 0) is 68.1 Å². The van der Waals surface area contributed by atoms with Crippen LogP contribution in [0.5, 0.6) is 0 Å². The number of carboxylic acid groups (broad SMARTS) is 1. The lowest BCUT2D eigenvalue weighted by atomic mass is 10.1. The molecule has 2 aromatic rings. The van der Waals surface area contributed by atoms with E-state index >= 15 is 0 Å². The first-order valence-electron chi connectivity index (χ1n) is 10.7. The number of nitrogens with zero attached hydrogens (tertiary/aromatic N) is 2. The van der Waals surface area contributed by atoms with Crippen LogP contribution in [0.3, 0.4) is 0 Å². The number of likely N-dealkylation sites (N-methyl/N-ethyl adjacent to an activating group) is 1. The third-order valence-electron chi connectivity index (χ3n) is 5.27. The van der Waals surface area contributed by atoms with Crippen LogP contribution in [0.4, 0.5) is 0 Å². The van der Waals surface area contributed by atoms with Gasteiger partial charge in [0.1, 0.15) is 5.76 Å². The van der Waals surface area contributed by atoms with Gasteiger partial charge in [-0.15, -0.1) is 0 Å². The average Bonchev–Trinajstić information content (AvgIpc) is 3.23. The summed E-state index contributed by atoms with van der Waals surface area (Å²) < 4.78 is 5.77. The molecule has 2 unspecified atom stereocenters. The second-order valence-corrected chi connectivity index (χ2v) is 7.95. The first-order chi connectivity index (χ1) is 15.8. The molecule has 0 saturated carbocycles. The lowest BCUT2D eigenvalue weighted by Crippen LogP contribution is -2.47. The molecular formula is C25H27N3O5. The van der Waals surface area contributed by atoms with Crippen LogP contribution in [0, 0.1) is 23.7 Å². The Hall–Kier alpha value is -3.56. The highest BCUT2D eigenvalue weighted by molar-refractivity contribution is 5.96. The van der Waals surface area contributed by atoms with E-state index in [-0.39, 0.29) is 5.56 Å². The van der Waals surface area contributed by atoms with Crippen molar-refractivity contribution in [3.8, 4) is 23.7 Å². The Kier molecular flexibility index (Phi) is 8.28. The van der Waals surface area contributed by atoms with Gasteiger partial charge in [-0.1, -0.05) is 5.92 Å². The third kappa shape index (κ3) is 7.23. The molecule has 3 N–H and O–H groups in total. The summed E-state index contributed by atoms with van der Waals surface area (Å²) in [6.45, 7) is 6.22. The fourth-order valence-electron chi connectivity index (χ4n) is 3.27. The number of nitrogens with one attached hydrogen (secondary N) is 1. The van der Waals surface area contributed by atoms with E-state index < -0.39 is 24.0 Å². The van der Waals surface area contributed by atoms with Crippen molar-refractivity contribution in [1.82, 2.24) is 15.1 Å². The molecule has 172 valence electrons. The number of piperazine rings is 1. The maximum absolute atomic E-state index is 12.2. The number of furan rings is 1. The molecule has 8 nitrogen and oxygen atoms in total. The van der Waals surface area contributed by atoms with Gasteiger partial charge >= 0.3 is 5.97 Å². The average molecular weight is 450 g/mol. The minimum atomic E-state index is -1.38. The Morgan fingerprint density at radius 1 is 1.06 bits per heavy atom. The monoisotopic (exact) mass is 449 g/mol.